The van der Waals surface area contributed by atoms with Crippen molar-refractivity contribution in [3.8, 4) is 11.1 Å². The Labute approximate surface area is 201 Å². The van der Waals surface area contributed by atoms with Gasteiger partial charge in [0.05, 0.1) is 5.69 Å². The van der Waals surface area contributed by atoms with Crippen LogP contribution in [0.15, 0.2) is 66.7 Å². The number of para-hydroxylation sites is 1. The summed E-state index contributed by atoms with van der Waals surface area (Å²) in [5.41, 5.74) is 3.26. The van der Waals surface area contributed by atoms with Crippen molar-refractivity contribution in [2.75, 3.05) is 11.9 Å². The van der Waals surface area contributed by atoms with Gasteiger partial charge in [-0.15, -0.1) is 0 Å². The zero-order valence-corrected chi connectivity index (χ0v) is 19.3. The number of fused-ring (bicyclic) bond motifs is 3. The molecule has 0 saturated carbocycles. The number of carbonyl (C=O) groups excluding carboxylic acids is 3. The van der Waals surface area contributed by atoms with E-state index in [-0.39, 0.29) is 24.4 Å². The quantitative estimate of drug-likeness (QED) is 0.525. The summed E-state index contributed by atoms with van der Waals surface area (Å²) in [6, 6.07) is 16.8. The highest BCUT2D eigenvalue weighted by atomic mass is 19.1. The minimum atomic E-state index is -1.09. The number of amides is 3. The number of hydrogen-bond donors (Lipinski definition) is 2. The summed E-state index contributed by atoms with van der Waals surface area (Å²) in [6.07, 6.45) is 0.174. The highest BCUT2D eigenvalue weighted by molar-refractivity contribution is 6.07. The molecule has 0 aliphatic carbocycles. The van der Waals surface area contributed by atoms with Gasteiger partial charge in [-0.05, 0) is 41.3 Å². The zero-order valence-electron chi connectivity index (χ0n) is 19.3. The van der Waals surface area contributed by atoms with Gasteiger partial charge < -0.3 is 15.5 Å². The van der Waals surface area contributed by atoms with E-state index in [2.05, 4.69) is 10.6 Å². The van der Waals surface area contributed by atoms with Crippen LogP contribution >= 0.6 is 0 Å². The zero-order chi connectivity index (χ0) is 25.1. The van der Waals surface area contributed by atoms with Crippen LogP contribution in [0.3, 0.4) is 0 Å². The molecule has 0 saturated heterocycles. The molecule has 0 unspecified atom stereocenters. The van der Waals surface area contributed by atoms with Gasteiger partial charge in [-0.2, -0.15) is 0 Å². The summed E-state index contributed by atoms with van der Waals surface area (Å²) in [6.45, 7) is 1.54. The summed E-state index contributed by atoms with van der Waals surface area (Å²) >= 11 is 0. The van der Waals surface area contributed by atoms with Crippen molar-refractivity contribution in [3.63, 3.8) is 0 Å². The molecular weight excluding hydrogens is 452 g/mol. The van der Waals surface area contributed by atoms with Crippen LogP contribution in [0.5, 0.6) is 0 Å². The Morgan fingerprint density at radius 2 is 1.57 bits per heavy atom. The third-order valence-corrected chi connectivity index (χ3v) is 6.12. The Kier molecular flexibility index (Phi) is 6.91. The summed E-state index contributed by atoms with van der Waals surface area (Å²) < 4.78 is 26.9. The number of benzene rings is 3. The van der Waals surface area contributed by atoms with Crippen LogP contribution in [0.1, 0.15) is 30.5 Å². The number of carbonyl (C=O) groups is 3. The van der Waals surface area contributed by atoms with E-state index in [0.717, 1.165) is 29.3 Å². The molecule has 8 heteroatoms. The molecule has 2 N–H and O–H groups in total. The van der Waals surface area contributed by atoms with E-state index in [1.54, 1.807) is 26.1 Å². The molecule has 4 rings (SSSR count). The van der Waals surface area contributed by atoms with Crippen molar-refractivity contribution in [2.45, 2.75) is 25.9 Å². The van der Waals surface area contributed by atoms with E-state index in [0.29, 0.717) is 11.3 Å². The summed E-state index contributed by atoms with van der Waals surface area (Å²) in [5, 5.41) is 5.33. The van der Waals surface area contributed by atoms with Gasteiger partial charge in [0.1, 0.15) is 23.6 Å². The molecule has 1 heterocycles. The van der Waals surface area contributed by atoms with Gasteiger partial charge in [-0.3, -0.25) is 14.4 Å². The summed E-state index contributed by atoms with van der Waals surface area (Å²) in [4.78, 5) is 40.9. The standard InChI is InChI=1S/C27H25F2N3O3/c1-3-19(25(33)30-15-16-12-17(28)14-18(29)13-16)26(34)31-24-22-10-5-4-8-20(22)21-9-6-7-11-23(21)32(2)27(24)35/h4-14,19,24H,3,15H2,1-2H3,(H,30,33)(H,31,34)/t19-,24-/m1/s1. The maximum atomic E-state index is 13.4. The minimum Gasteiger partial charge on any atom is -0.351 e. The van der Waals surface area contributed by atoms with Gasteiger partial charge in [-0.1, -0.05) is 49.4 Å². The lowest BCUT2D eigenvalue weighted by Gasteiger charge is -2.24. The van der Waals surface area contributed by atoms with E-state index in [4.69, 9.17) is 0 Å². The fourth-order valence-corrected chi connectivity index (χ4v) is 4.33. The first-order chi connectivity index (χ1) is 16.8. The molecule has 1 aliphatic heterocycles. The number of hydrogen-bond acceptors (Lipinski definition) is 3. The molecule has 2 atom stereocenters. The van der Waals surface area contributed by atoms with Crippen LogP contribution in [-0.2, 0) is 20.9 Å². The van der Waals surface area contributed by atoms with E-state index < -0.39 is 35.4 Å². The third-order valence-electron chi connectivity index (χ3n) is 6.12. The van der Waals surface area contributed by atoms with E-state index in [1.165, 1.54) is 4.90 Å². The number of rotatable bonds is 6. The molecule has 3 aromatic carbocycles. The Balaban J connectivity index is 1.55. The van der Waals surface area contributed by atoms with Gasteiger partial charge in [0.2, 0.25) is 11.8 Å². The lowest BCUT2D eigenvalue weighted by molar-refractivity contribution is -0.137. The van der Waals surface area contributed by atoms with E-state index in [1.807, 2.05) is 36.4 Å². The number of halogens is 2. The van der Waals surface area contributed by atoms with Gasteiger partial charge in [0.15, 0.2) is 0 Å². The highest BCUT2D eigenvalue weighted by Gasteiger charge is 2.35. The second kappa shape index (κ2) is 10.0. The minimum absolute atomic E-state index is 0.138. The first-order valence-corrected chi connectivity index (χ1v) is 11.3. The van der Waals surface area contributed by atoms with Crippen molar-refractivity contribution in [1.82, 2.24) is 10.6 Å². The first-order valence-electron chi connectivity index (χ1n) is 11.3. The monoisotopic (exact) mass is 477 g/mol. The van der Waals surface area contributed by atoms with Crippen molar-refractivity contribution in [2.24, 2.45) is 5.92 Å². The molecule has 0 bridgehead atoms. The number of anilines is 1. The molecule has 3 amide bonds. The first kappa shape index (κ1) is 24.1. The SMILES string of the molecule is CC[C@H](C(=O)NCc1cc(F)cc(F)c1)C(=O)N[C@H]1C(=O)N(C)c2ccccc2-c2ccccc21. The Bertz CT molecular complexity index is 1270. The van der Waals surface area contributed by atoms with Gasteiger partial charge in [0.25, 0.3) is 5.91 Å². The topological polar surface area (TPSA) is 78.5 Å². The molecule has 180 valence electrons. The average Bonchev–Trinajstić information content (AvgIpc) is 2.92. The lowest BCUT2D eigenvalue weighted by Crippen LogP contribution is -2.46. The molecule has 0 aromatic heterocycles. The molecule has 6 nitrogen and oxygen atoms in total. The second-order valence-electron chi connectivity index (χ2n) is 8.40. The van der Waals surface area contributed by atoms with Crippen molar-refractivity contribution >= 4 is 23.4 Å². The predicted molar refractivity (Wildman–Crippen MR) is 128 cm³/mol. The molecule has 35 heavy (non-hydrogen) atoms. The van der Waals surface area contributed by atoms with Crippen molar-refractivity contribution in [1.29, 1.82) is 0 Å². The van der Waals surface area contributed by atoms with Crippen LogP contribution in [0.2, 0.25) is 0 Å². The van der Waals surface area contributed by atoms with Crippen LogP contribution in [0, 0.1) is 17.6 Å². The highest BCUT2D eigenvalue weighted by Crippen LogP contribution is 2.39. The van der Waals surface area contributed by atoms with Crippen molar-refractivity contribution in [3.05, 3.63) is 89.5 Å². The molecule has 0 radical (unpaired) electrons. The van der Waals surface area contributed by atoms with Crippen molar-refractivity contribution < 1.29 is 23.2 Å². The van der Waals surface area contributed by atoms with Crippen LogP contribution < -0.4 is 15.5 Å². The van der Waals surface area contributed by atoms with Gasteiger partial charge >= 0.3 is 0 Å². The Hall–Kier alpha value is -4.07. The van der Waals surface area contributed by atoms with E-state index >= 15 is 0 Å². The summed E-state index contributed by atoms with van der Waals surface area (Å²) in [5.74, 6) is -4.14. The maximum absolute atomic E-state index is 13.4. The smallest absolute Gasteiger partial charge is 0.253 e. The molecule has 3 aromatic rings. The largest absolute Gasteiger partial charge is 0.351 e. The van der Waals surface area contributed by atoms with Crippen LogP contribution in [0.25, 0.3) is 11.1 Å². The fraction of sp³-hybridized carbons (Fsp3) is 0.222. The number of nitrogens with one attached hydrogen (secondary N) is 2. The molecular formula is C27H25F2N3O3. The average molecular weight is 478 g/mol. The van der Waals surface area contributed by atoms with Gasteiger partial charge in [-0.25, -0.2) is 8.78 Å². The fourth-order valence-electron chi connectivity index (χ4n) is 4.33. The maximum Gasteiger partial charge on any atom is 0.253 e. The second-order valence-corrected chi connectivity index (χ2v) is 8.40. The molecule has 0 spiro atoms. The number of nitrogens with zero attached hydrogens (tertiary/aromatic N) is 1. The summed E-state index contributed by atoms with van der Waals surface area (Å²) in [7, 11) is 1.65. The van der Waals surface area contributed by atoms with E-state index in [9.17, 15) is 23.2 Å². The third kappa shape index (κ3) is 4.91. The normalized spacial score (nSPS) is 15.5. The van der Waals surface area contributed by atoms with Crippen LogP contribution in [-0.4, -0.2) is 24.8 Å². The van der Waals surface area contributed by atoms with Crippen LogP contribution in [0.4, 0.5) is 14.5 Å². The Morgan fingerprint density at radius 1 is 0.943 bits per heavy atom. The predicted octanol–water partition coefficient (Wildman–Crippen LogP) is 4.11. The Morgan fingerprint density at radius 3 is 2.26 bits per heavy atom. The van der Waals surface area contributed by atoms with Gasteiger partial charge in [0, 0.05) is 25.2 Å². The number of likely N-dealkylation sites (N-methyl/N-ethyl adjacent to an activating group) is 1. The lowest BCUT2D eigenvalue weighted by atomic mass is 9.94. The molecule has 0 fully saturated rings. The molecule has 1 aliphatic rings.